The molecule has 0 bridgehead atoms. The third-order valence-corrected chi connectivity index (χ3v) is 2.75. The second kappa shape index (κ2) is 8.09. The van der Waals surface area contributed by atoms with Crippen LogP contribution in [0.4, 0.5) is 0 Å². The van der Waals surface area contributed by atoms with Crippen LogP contribution in [0.5, 0.6) is 5.75 Å². The summed E-state index contributed by atoms with van der Waals surface area (Å²) in [7, 11) is 0. The second-order valence-corrected chi connectivity index (χ2v) is 4.70. The van der Waals surface area contributed by atoms with Crippen molar-refractivity contribution in [2.45, 2.75) is 39.4 Å². The standard InChI is InChI=1S/C16H20O5/c1-4-5-6-14(21-16(19)11(2)3)20-13-9-7-12(8-10-13)15(17)18/h7-10,14H,2,4-6H2,1,3H3,(H,17,18). The number of hydrogen-bond acceptors (Lipinski definition) is 4. The Morgan fingerprint density at radius 2 is 1.90 bits per heavy atom. The van der Waals surface area contributed by atoms with Crippen LogP contribution < -0.4 is 4.74 Å². The Bertz CT molecular complexity index is 504. The number of hydrogen-bond donors (Lipinski definition) is 1. The van der Waals surface area contributed by atoms with E-state index in [1.165, 1.54) is 24.3 Å². The molecule has 1 aromatic carbocycles. The van der Waals surface area contributed by atoms with E-state index in [0.717, 1.165) is 12.8 Å². The summed E-state index contributed by atoms with van der Waals surface area (Å²) in [4.78, 5) is 22.3. The zero-order valence-electron chi connectivity index (χ0n) is 12.3. The van der Waals surface area contributed by atoms with Gasteiger partial charge in [0.1, 0.15) is 5.75 Å². The molecular formula is C16H20O5. The number of unbranched alkanes of at least 4 members (excludes halogenated alkanes) is 1. The highest BCUT2D eigenvalue weighted by Crippen LogP contribution is 2.17. The fourth-order valence-corrected chi connectivity index (χ4v) is 1.56. The van der Waals surface area contributed by atoms with E-state index in [1.54, 1.807) is 6.92 Å². The summed E-state index contributed by atoms with van der Waals surface area (Å²) in [5.74, 6) is -1.05. The fourth-order valence-electron chi connectivity index (χ4n) is 1.56. The molecule has 0 aliphatic carbocycles. The summed E-state index contributed by atoms with van der Waals surface area (Å²) in [5.41, 5.74) is 0.479. The quantitative estimate of drug-likeness (QED) is 0.451. The Morgan fingerprint density at radius 1 is 1.29 bits per heavy atom. The van der Waals surface area contributed by atoms with Gasteiger partial charge in [-0.2, -0.15) is 0 Å². The van der Waals surface area contributed by atoms with E-state index in [4.69, 9.17) is 14.6 Å². The number of aromatic carboxylic acids is 1. The van der Waals surface area contributed by atoms with Gasteiger partial charge in [-0.1, -0.05) is 19.9 Å². The first kappa shape index (κ1) is 16.8. The van der Waals surface area contributed by atoms with Crippen LogP contribution in [0.1, 0.15) is 43.5 Å². The van der Waals surface area contributed by atoms with Gasteiger partial charge in [-0.15, -0.1) is 0 Å². The monoisotopic (exact) mass is 292 g/mol. The number of carbonyl (C=O) groups excluding carboxylic acids is 1. The minimum Gasteiger partial charge on any atom is -0.478 e. The van der Waals surface area contributed by atoms with E-state index in [1.807, 2.05) is 6.92 Å². The zero-order chi connectivity index (χ0) is 15.8. The maximum absolute atomic E-state index is 11.6. The molecular weight excluding hydrogens is 272 g/mol. The second-order valence-electron chi connectivity index (χ2n) is 4.70. The molecule has 1 N–H and O–H groups in total. The van der Waals surface area contributed by atoms with E-state index in [2.05, 4.69) is 6.58 Å². The van der Waals surface area contributed by atoms with Crippen molar-refractivity contribution in [3.8, 4) is 5.75 Å². The predicted octanol–water partition coefficient (Wildman–Crippen LogP) is 3.40. The molecule has 0 heterocycles. The van der Waals surface area contributed by atoms with Crippen LogP contribution in [0.2, 0.25) is 0 Å². The summed E-state index contributed by atoms with van der Waals surface area (Å²) in [5, 5.41) is 8.83. The zero-order valence-corrected chi connectivity index (χ0v) is 12.3. The van der Waals surface area contributed by atoms with Crippen LogP contribution in [0.15, 0.2) is 36.4 Å². The number of benzene rings is 1. The van der Waals surface area contributed by atoms with Crippen molar-refractivity contribution in [1.82, 2.24) is 0 Å². The third-order valence-electron chi connectivity index (χ3n) is 2.75. The molecule has 0 amide bonds. The molecule has 1 aromatic rings. The molecule has 5 nitrogen and oxygen atoms in total. The lowest BCUT2D eigenvalue weighted by Crippen LogP contribution is -2.24. The summed E-state index contributed by atoms with van der Waals surface area (Å²) in [6, 6.07) is 5.96. The van der Waals surface area contributed by atoms with Crippen molar-refractivity contribution in [1.29, 1.82) is 0 Å². The van der Waals surface area contributed by atoms with Crippen molar-refractivity contribution in [3.05, 3.63) is 42.0 Å². The molecule has 0 spiro atoms. The van der Waals surface area contributed by atoms with Crippen LogP contribution in [0.3, 0.4) is 0 Å². The molecule has 0 radical (unpaired) electrons. The van der Waals surface area contributed by atoms with E-state index in [0.29, 0.717) is 17.7 Å². The third kappa shape index (κ3) is 5.69. The number of ether oxygens (including phenoxy) is 2. The van der Waals surface area contributed by atoms with E-state index < -0.39 is 18.2 Å². The maximum Gasteiger partial charge on any atom is 0.336 e. The molecule has 0 aliphatic heterocycles. The number of carbonyl (C=O) groups is 2. The Hall–Kier alpha value is -2.30. The lowest BCUT2D eigenvalue weighted by molar-refractivity contribution is -0.159. The van der Waals surface area contributed by atoms with Gasteiger partial charge in [0.2, 0.25) is 6.29 Å². The van der Waals surface area contributed by atoms with Gasteiger partial charge in [0.25, 0.3) is 0 Å². The Morgan fingerprint density at radius 3 is 2.38 bits per heavy atom. The molecule has 5 heteroatoms. The molecule has 21 heavy (non-hydrogen) atoms. The van der Waals surface area contributed by atoms with Gasteiger partial charge in [-0.3, -0.25) is 0 Å². The number of esters is 1. The Balaban J connectivity index is 2.72. The Labute approximate surface area is 124 Å². The average molecular weight is 292 g/mol. The summed E-state index contributed by atoms with van der Waals surface area (Å²) < 4.78 is 10.8. The van der Waals surface area contributed by atoms with Gasteiger partial charge in [0.15, 0.2) is 0 Å². The van der Waals surface area contributed by atoms with Crippen LogP contribution in [0, 0.1) is 0 Å². The molecule has 0 aromatic heterocycles. The highest BCUT2D eigenvalue weighted by molar-refractivity contribution is 5.87. The molecule has 114 valence electrons. The normalized spacial score (nSPS) is 11.5. The summed E-state index contributed by atoms with van der Waals surface area (Å²) in [6.45, 7) is 7.13. The minimum atomic E-state index is -1.00. The average Bonchev–Trinajstić information content (AvgIpc) is 2.45. The SMILES string of the molecule is C=C(C)C(=O)OC(CCCC)Oc1ccc(C(=O)O)cc1. The largest absolute Gasteiger partial charge is 0.478 e. The highest BCUT2D eigenvalue weighted by Gasteiger charge is 2.16. The van der Waals surface area contributed by atoms with Crippen molar-refractivity contribution in [3.63, 3.8) is 0 Å². The summed E-state index contributed by atoms with van der Waals surface area (Å²) >= 11 is 0. The maximum atomic E-state index is 11.6. The van der Waals surface area contributed by atoms with Gasteiger partial charge in [-0.05, 0) is 37.6 Å². The first-order valence-electron chi connectivity index (χ1n) is 6.80. The van der Waals surface area contributed by atoms with Crippen LogP contribution in [-0.2, 0) is 9.53 Å². The molecule has 1 unspecified atom stereocenters. The molecule has 1 rings (SSSR count). The molecule has 0 fully saturated rings. The Kier molecular flexibility index (Phi) is 6.46. The van der Waals surface area contributed by atoms with E-state index in [9.17, 15) is 9.59 Å². The first-order chi connectivity index (χ1) is 9.93. The van der Waals surface area contributed by atoms with Gasteiger partial charge in [-0.25, -0.2) is 9.59 Å². The summed E-state index contributed by atoms with van der Waals surface area (Å²) in [6.07, 6.45) is 1.66. The molecule has 0 saturated carbocycles. The van der Waals surface area contributed by atoms with Crippen molar-refractivity contribution in [2.75, 3.05) is 0 Å². The smallest absolute Gasteiger partial charge is 0.336 e. The van der Waals surface area contributed by atoms with Gasteiger partial charge >= 0.3 is 11.9 Å². The van der Waals surface area contributed by atoms with E-state index in [-0.39, 0.29) is 5.56 Å². The topological polar surface area (TPSA) is 72.8 Å². The number of carboxylic acid groups (broad SMARTS) is 1. The van der Waals surface area contributed by atoms with Gasteiger partial charge < -0.3 is 14.6 Å². The predicted molar refractivity (Wildman–Crippen MR) is 78.2 cm³/mol. The lowest BCUT2D eigenvalue weighted by atomic mass is 10.2. The highest BCUT2D eigenvalue weighted by atomic mass is 16.7. The molecule has 0 saturated heterocycles. The van der Waals surface area contributed by atoms with Crippen molar-refractivity contribution in [2.24, 2.45) is 0 Å². The van der Waals surface area contributed by atoms with Crippen LogP contribution in [0.25, 0.3) is 0 Å². The van der Waals surface area contributed by atoms with E-state index >= 15 is 0 Å². The number of rotatable bonds is 8. The number of carboxylic acids is 1. The molecule has 0 aliphatic rings. The van der Waals surface area contributed by atoms with Crippen molar-refractivity contribution < 1.29 is 24.2 Å². The van der Waals surface area contributed by atoms with Gasteiger partial charge in [0.05, 0.1) is 5.56 Å². The van der Waals surface area contributed by atoms with Crippen molar-refractivity contribution >= 4 is 11.9 Å². The fraction of sp³-hybridized carbons (Fsp3) is 0.375. The molecule has 1 atom stereocenters. The van der Waals surface area contributed by atoms with Gasteiger partial charge in [0, 0.05) is 12.0 Å². The lowest BCUT2D eigenvalue weighted by Gasteiger charge is -2.19. The van der Waals surface area contributed by atoms with Crippen LogP contribution >= 0.6 is 0 Å². The van der Waals surface area contributed by atoms with Crippen LogP contribution in [-0.4, -0.2) is 23.3 Å². The minimum absolute atomic E-state index is 0.173. The first-order valence-corrected chi connectivity index (χ1v) is 6.80.